The van der Waals surface area contributed by atoms with Crippen molar-refractivity contribution < 1.29 is 10.2 Å². The highest BCUT2D eigenvalue weighted by molar-refractivity contribution is 5.37. The molecule has 0 aliphatic rings. The molecule has 0 radical (unpaired) electrons. The van der Waals surface area contributed by atoms with Crippen LogP contribution in [0.3, 0.4) is 0 Å². The van der Waals surface area contributed by atoms with Crippen LogP contribution in [0.4, 0.5) is 0 Å². The summed E-state index contributed by atoms with van der Waals surface area (Å²) in [6, 6.07) is 17.7. The van der Waals surface area contributed by atoms with Crippen molar-refractivity contribution in [2.75, 3.05) is 0 Å². The van der Waals surface area contributed by atoms with E-state index in [1.165, 1.54) is 0 Å². The summed E-state index contributed by atoms with van der Waals surface area (Å²) in [5, 5.41) is 19.7. The van der Waals surface area contributed by atoms with Crippen LogP contribution >= 0.6 is 0 Å². The summed E-state index contributed by atoms with van der Waals surface area (Å²) >= 11 is 0. The van der Waals surface area contributed by atoms with Crippen LogP contribution in [0.15, 0.2) is 60.7 Å². The number of aliphatic hydroxyl groups is 2. The summed E-state index contributed by atoms with van der Waals surface area (Å²) in [7, 11) is 0. The third-order valence-corrected chi connectivity index (χ3v) is 2.33. The van der Waals surface area contributed by atoms with E-state index in [0.717, 1.165) is 5.56 Å². The maximum Gasteiger partial charge on any atom is 0.256 e. The normalized spacial score (nSPS) is 10.5. The first-order valence-electron chi connectivity index (χ1n) is 5.27. The SMILES string of the molecule is OC(O)(C#Cc1ccccc1)c1ccccc1. The Morgan fingerprint density at radius 1 is 0.765 bits per heavy atom. The van der Waals surface area contributed by atoms with Gasteiger partial charge in [-0.3, -0.25) is 0 Å². The van der Waals surface area contributed by atoms with Crippen LogP contribution in [0.25, 0.3) is 0 Å². The largest absolute Gasteiger partial charge is 0.352 e. The van der Waals surface area contributed by atoms with Crippen molar-refractivity contribution in [1.82, 2.24) is 0 Å². The molecule has 0 aliphatic carbocycles. The van der Waals surface area contributed by atoms with E-state index < -0.39 is 5.79 Å². The summed E-state index contributed by atoms with van der Waals surface area (Å²) in [5.41, 5.74) is 1.11. The standard InChI is InChI=1S/C15H12O2/c16-15(17,14-9-5-2-6-10-14)12-11-13-7-3-1-4-8-13/h1-10,16-17H. The van der Waals surface area contributed by atoms with Gasteiger partial charge < -0.3 is 10.2 Å². The molecule has 2 nitrogen and oxygen atoms in total. The Morgan fingerprint density at radius 2 is 1.29 bits per heavy atom. The fourth-order valence-electron chi connectivity index (χ4n) is 1.42. The zero-order valence-corrected chi connectivity index (χ0v) is 9.17. The molecule has 0 saturated heterocycles. The Balaban J connectivity index is 2.27. The Kier molecular flexibility index (Phi) is 3.24. The predicted molar refractivity (Wildman–Crippen MR) is 65.9 cm³/mol. The van der Waals surface area contributed by atoms with Crippen LogP contribution in [-0.4, -0.2) is 10.2 Å². The second-order valence-electron chi connectivity index (χ2n) is 3.65. The van der Waals surface area contributed by atoms with Crippen molar-refractivity contribution in [2.45, 2.75) is 5.79 Å². The van der Waals surface area contributed by atoms with Gasteiger partial charge in [0.2, 0.25) is 0 Å². The van der Waals surface area contributed by atoms with Crippen LogP contribution in [-0.2, 0) is 5.79 Å². The smallest absolute Gasteiger partial charge is 0.256 e. The number of rotatable bonds is 1. The van der Waals surface area contributed by atoms with Gasteiger partial charge in [0, 0.05) is 11.1 Å². The van der Waals surface area contributed by atoms with Crippen LogP contribution in [0, 0.1) is 11.8 Å². The molecule has 2 aromatic rings. The van der Waals surface area contributed by atoms with E-state index >= 15 is 0 Å². The van der Waals surface area contributed by atoms with Crippen molar-refractivity contribution >= 4 is 0 Å². The summed E-state index contributed by atoms with van der Waals surface area (Å²) in [6.07, 6.45) is 0. The molecular weight excluding hydrogens is 212 g/mol. The van der Waals surface area contributed by atoms with E-state index in [-0.39, 0.29) is 0 Å². The fraction of sp³-hybridized carbons (Fsp3) is 0.0667. The summed E-state index contributed by atoms with van der Waals surface area (Å²) in [4.78, 5) is 0. The van der Waals surface area contributed by atoms with Gasteiger partial charge in [0.05, 0.1) is 0 Å². The second kappa shape index (κ2) is 4.84. The molecule has 0 atom stereocenters. The fourth-order valence-corrected chi connectivity index (χ4v) is 1.42. The quantitative estimate of drug-likeness (QED) is 0.573. The molecule has 0 aliphatic heterocycles. The van der Waals surface area contributed by atoms with Crippen molar-refractivity contribution in [3.63, 3.8) is 0 Å². The highest BCUT2D eigenvalue weighted by atomic mass is 16.5. The van der Waals surface area contributed by atoms with Gasteiger partial charge in [0.15, 0.2) is 0 Å². The minimum absolute atomic E-state index is 0.364. The van der Waals surface area contributed by atoms with E-state index in [1.807, 2.05) is 36.4 Å². The molecule has 0 amide bonds. The third kappa shape index (κ3) is 2.94. The van der Waals surface area contributed by atoms with E-state index in [0.29, 0.717) is 5.56 Å². The van der Waals surface area contributed by atoms with Crippen molar-refractivity contribution in [3.8, 4) is 11.8 Å². The average molecular weight is 224 g/mol. The molecule has 2 rings (SSSR count). The van der Waals surface area contributed by atoms with E-state index in [9.17, 15) is 10.2 Å². The molecule has 0 fully saturated rings. The molecular formula is C15H12O2. The second-order valence-corrected chi connectivity index (χ2v) is 3.65. The molecule has 0 heterocycles. The monoisotopic (exact) mass is 224 g/mol. The molecule has 0 unspecified atom stereocenters. The topological polar surface area (TPSA) is 40.5 Å². The average Bonchev–Trinajstić information content (AvgIpc) is 2.39. The number of benzene rings is 2. The summed E-state index contributed by atoms with van der Waals surface area (Å²) < 4.78 is 0. The van der Waals surface area contributed by atoms with E-state index in [1.54, 1.807) is 24.3 Å². The van der Waals surface area contributed by atoms with Crippen molar-refractivity contribution in [1.29, 1.82) is 0 Å². The van der Waals surface area contributed by atoms with Crippen LogP contribution in [0.5, 0.6) is 0 Å². The molecule has 0 bridgehead atoms. The lowest BCUT2D eigenvalue weighted by atomic mass is 10.1. The highest BCUT2D eigenvalue weighted by Gasteiger charge is 2.22. The van der Waals surface area contributed by atoms with Crippen LogP contribution < -0.4 is 0 Å². The molecule has 2 aromatic carbocycles. The van der Waals surface area contributed by atoms with Crippen LogP contribution in [0.2, 0.25) is 0 Å². The molecule has 0 aromatic heterocycles. The lowest BCUT2D eigenvalue weighted by Crippen LogP contribution is -2.22. The molecule has 2 N–H and O–H groups in total. The third-order valence-electron chi connectivity index (χ3n) is 2.33. The van der Waals surface area contributed by atoms with Gasteiger partial charge in [0.25, 0.3) is 5.79 Å². The molecule has 0 saturated carbocycles. The molecule has 2 heteroatoms. The molecule has 0 spiro atoms. The zero-order valence-electron chi connectivity index (χ0n) is 9.17. The van der Waals surface area contributed by atoms with Gasteiger partial charge in [-0.15, -0.1) is 0 Å². The van der Waals surface area contributed by atoms with Crippen molar-refractivity contribution in [3.05, 3.63) is 71.8 Å². The van der Waals surface area contributed by atoms with Crippen LogP contribution in [0.1, 0.15) is 11.1 Å². The van der Waals surface area contributed by atoms with E-state index in [4.69, 9.17) is 0 Å². The zero-order chi connectivity index (χ0) is 12.1. The minimum atomic E-state index is -2.11. The van der Waals surface area contributed by atoms with Gasteiger partial charge >= 0.3 is 0 Å². The van der Waals surface area contributed by atoms with Crippen molar-refractivity contribution in [2.24, 2.45) is 0 Å². The lowest BCUT2D eigenvalue weighted by Gasteiger charge is -2.14. The summed E-state index contributed by atoms with van der Waals surface area (Å²) in [6.45, 7) is 0. The van der Waals surface area contributed by atoms with Gasteiger partial charge in [-0.1, -0.05) is 54.5 Å². The number of hydrogen-bond donors (Lipinski definition) is 2. The van der Waals surface area contributed by atoms with Gasteiger partial charge in [0.1, 0.15) is 0 Å². The first-order chi connectivity index (χ1) is 8.18. The summed E-state index contributed by atoms with van der Waals surface area (Å²) in [5.74, 6) is 3.07. The molecule has 84 valence electrons. The van der Waals surface area contributed by atoms with Gasteiger partial charge in [-0.05, 0) is 18.1 Å². The molecule has 17 heavy (non-hydrogen) atoms. The van der Waals surface area contributed by atoms with Gasteiger partial charge in [-0.2, -0.15) is 0 Å². The predicted octanol–water partition coefficient (Wildman–Crippen LogP) is 1.88. The Morgan fingerprint density at radius 3 is 1.88 bits per heavy atom. The highest BCUT2D eigenvalue weighted by Crippen LogP contribution is 2.16. The first-order valence-corrected chi connectivity index (χ1v) is 5.27. The minimum Gasteiger partial charge on any atom is -0.352 e. The number of hydrogen-bond acceptors (Lipinski definition) is 2. The Bertz CT molecular complexity index is 533. The van der Waals surface area contributed by atoms with Gasteiger partial charge in [-0.25, -0.2) is 0 Å². The lowest BCUT2D eigenvalue weighted by molar-refractivity contribution is -0.115. The Labute approximate surface area is 100 Å². The first kappa shape index (κ1) is 11.4. The maximum absolute atomic E-state index is 9.83. The maximum atomic E-state index is 9.83. The Hall–Kier alpha value is -2.08. The van der Waals surface area contributed by atoms with E-state index in [2.05, 4.69) is 11.8 Å².